The number of nitrogens with zero attached hydrogens (tertiary/aromatic N) is 1. The molecular weight excluding hydrogens is 250 g/mol. The summed E-state index contributed by atoms with van der Waals surface area (Å²) in [5.41, 5.74) is -1.35. The summed E-state index contributed by atoms with van der Waals surface area (Å²) in [4.78, 5) is 24.9. The molecular formula is C13H21NO5. The summed E-state index contributed by atoms with van der Waals surface area (Å²) in [7, 11) is 0. The standard InChI is InChI=1S/C13H21NO5/c1-12(2,3)19-11(17)14-7-6-13(5-4-8-18-13)9(14)10(15)16/h9H,4-8H2,1-3H3,(H,15,16). The molecule has 6 heteroatoms. The van der Waals surface area contributed by atoms with Gasteiger partial charge in [0.25, 0.3) is 0 Å². The molecule has 1 N–H and O–H groups in total. The van der Waals surface area contributed by atoms with Crippen molar-refractivity contribution < 1.29 is 24.2 Å². The van der Waals surface area contributed by atoms with E-state index in [1.165, 1.54) is 4.90 Å². The molecule has 2 unspecified atom stereocenters. The zero-order valence-corrected chi connectivity index (χ0v) is 11.6. The van der Waals surface area contributed by atoms with Gasteiger partial charge in [-0.05, 0) is 40.0 Å². The highest BCUT2D eigenvalue weighted by Crippen LogP contribution is 2.40. The van der Waals surface area contributed by atoms with Crippen molar-refractivity contribution in [3.8, 4) is 0 Å². The average Bonchev–Trinajstić information content (AvgIpc) is 2.84. The van der Waals surface area contributed by atoms with Gasteiger partial charge in [0, 0.05) is 13.2 Å². The molecule has 2 aliphatic heterocycles. The van der Waals surface area contributed by atoms with Crippen LogP contribution in [0.25, 0.3) is 0 Å². The highest BCUT2D eigenvalue weighted by atomic mass is 16.6. The van der Waals surface area contributed by atoms with E-state index >= 15 is 0 Å². The molecule has 19 heavy (non-hydrogen) atoms. The fourth-order valence-corrected chi connectivity index (χ4v) is 2.87. The smallest absolute Gasteiger partial charge is 0.411 e. The summed E-state index contributed by atoms with van der Waals surface area (Å²) in [6.07, 6.45) is 1.51. The van der Waals surface area contributed by atoms with Gasteiger partial charge in [-0.2, -0.15) is 0 Å². The largest absolute Gasteiger partial charge is 0.480 e. The molecule has 6 nitrogen and oxygen atoms in total. The minimum absolute atomic E-state index is 0.367. The van der Waals surface area contributed by atoms with Crippen LogP contribution in [0.1, 0.15) is 40.0 Å². The Morgan fingerprint density at radius 1 is 1.37 bits per heavy atom. The summed E-state index contributed by atoms with van der Waals surface area (Å²) >= 11 is 0. The highest BCUT2D eigenvalue weighted by molar-refractivity contribution is 5.82. The molecule has 2 atom stereocenters. The number of hydrogen-bond donors (Lipinski definition) is 1. The van der Waals surface area contributed by atoms with Crippen LogP contribution >= 0.6 is 0 Å². The second kappa shape index (κ2) is 4.67. The number of hydrogen-bond acceptors (Lipinski definition) is 4. The number of rotatable bonds is 1. The molecule has 0 aliphatic carbocycles. The van der Waals surface area contributed by atoms with Gasteiger partial charge in [-0.3, -0.25) is 4.90 Å². The lowest BCUT2D eigenvalue weighted by Crippen LogP contribution is -2.52. The second-order valence-electron chi connectivity index (χ2n) is 6.18. The molecule has 108 valence electrons. The van der Waals surface area contributed by atoms with Crippen LogP contribution in [0, 0.1) is 0 Å². The molecule has 0 aromatic heterocycles. The van der Waals surface area contributed by atoms with E-state index in [1.807, 2.05) is 0 Å². The van der Waals surface area contributed by atoms with Gasteiger partial charge in [0.05, 0.1) is 0 Å². The quantitative estimate of drug-likeness (QED) is 0.784. The maximum atomic E-state index is 12.1. The number of carbonyl (C=O) groups excluding carboxylic acids is 1. The van der Waals surface area contributed by atoms with Crippen LogP contribution in [-0.4, -0.2) is 52.5 Å². The number of likely N-dealkylation sites (tertiary alicyclic amines) is 1. The molecule has 0 aromatic rings. The van der Waals surface area contributed by atoms with Crippen molar-refractivity contribution in [2.75, 3.05) is 13.2 Å². The molecule has 0 aromatic carbocycles. The molecule has 2 aliphatic rings. The number of ether oxygens (including phenoxy) is 2. The molecule has 0 radical (unpaired) electrons. The summed E-state index contributed by atoms with van der Waals surface area (Å²) in [6, 6.07) is -0.940. The number of carboxylic acids is 1. The van der Waals surface area contributed by atoms with Crippen LogP contribution in [0.3, 0.4) is 0 Å². The Morgan fingerprint density at radius 2 is 2.05 bits per heavy atom. The van der Waals surface area contributed by atoms with E-state index in [2.05, 4.69) is 0 Å². The normalized spacial score (nSPS) is 30.9. The minimum atomic E-state index is -1.02. The van der Waals surface area contributed by atoms with Gasteiger partial charge in [0.1, 0.15) is 11.2 Å². The van der Waals surface area contributed by atoms with Crippen LogP contribution in [-0.2, 0) is 14.3 Å². The second-order valence-corrected chi connectivity index (χ2v) is 6.18. The molecule has 0 bridgehead atoms. The monoisotopic (exact) mass is 271 g/mol. The first-order valence-electron chi connectivity index (χ1n) is 6.62. The van der Waals surface area contributed by atoms with Crippen molar-refractivity contribution in [1.82, 2.24) is 4.90 Å². The SMILES string of the molecule is CC(C)(C)OC(=O)N1CCC2(CCCO2)C1C(=O)O. The van der Waals surface area contributed by atoms with E-state index in [1.54, 1.807) is 20.8 Å². The third-order valence-electron chi connectivity index (χ3n) is 3.58. The van der Waals surface area contributed by atoms with Crippen molar-refractivity contribution in [3.05, 3.63) is 0 Å². The summed E-state index contributed by atoms with van der Waals surface area (Å²) in [5.74, 6) is -1.02. The van der Waals surface area contributed by atoms with Crippen LogP contribution in [0.15, 0.2) is 0 Å². The predicted molar refractivity (Wildman–Crippen MR) is 66.9 cm³/mol. The third kappa shape index (κ3) is 2.68. The first kappa shape index (κ1) is 14.1. The van der Waals surface area contributed by atoms with Crippen LogP contribution in [0.2, 0.25) is 0 Å². The topological polar surface area (TPSA) is 76.1 Å². The molecule has 0 saturated carbocycles. The lowest BCUT2D eigenvalue weighted by molar-refractivity contribution is -0.150. The van der Waals surface area contributed by atoms with Gasteiger partial charge in [0.2, 0.25) is 0 Å². The van der Waals surface area contributed by atoms with Crippen molar-refractivity contribution in [1.29, 1.82) is 0 Å². The maximum Gasteiger partial charge on any atom is 0.411 e. The number of aliphatic carboxylic acids is 1. The van der Waals surface area contributed by atoms with Gasteiger partial charge >= 0.3 is 12.1 Å². The Bertz CT molecular complexity index is 381. The Labute approximate surface area is 112 Å². The molecule has 2 heterocycles. The Morgan fingerprint density at radius 3 is 2.53 bits per heavy atom. The maximum absolute atomic E-state index is 12.1. The third-order valence-corrected chi connectivity index (χ3v) is 3.58. The fraction of sp³-hybridized carbons (Fsp3) is 0.846. The number of carboxylic acid groups (broad SMARTS) is 1. The zero-order valence-electron chi connectivity index (χ0n) is 11.6. The summed E-state index contributed by atoms with van der Waals surface area (Å²) < 4.78 is 10.9. The predicted octanol–water partition coefficient (Wildman–Crippen LogP) is 1.63. The summed E-state index contributed by atoms with van der Waals surface area (Å²) in [5, 5.41) is 9.43. The first-order valence-corrected chi connectivity index (χ1v) is 6.62. The fourth-order valence-electron chi connectivity index (χ4n) is 2.87. The van der Waals surface area contributed by atoms with E-state index in [0.717, 1.165) is 6.42 Å². The van der Waals surface area contributed by atoms with E-state index < -0.39 is 29.3 Å². The van der Waals surface area contributed by atoms with E-state index in [0.29, 0.717) is 26.0 Å². The summed E-state index contributed by atoms with van der Waals surface area (Å²) in [6.45, 7) is 6.22. The lowest BCUT2D eigenvalue weighted by atomic mass is 9.91. The van der Waals surface area contributed by atoms with Gasteiger partial charge in [-0.15, -0.1) is 0 Å². The zero-order chi connectivity index (χ0) is 14.3. The van der Waals surface area contributed by atoms with Gasteiger partial charge in [0.15, 0.2) is 6.04 Å². The van der Waals surface area contributed by atoms with Crippen LogP contribution in [0.4, 0.5) is 4.79 Å². The minimum Gasteiger partial charge on any atom is -0.480 e. The highest BCUT2D eigenvalue weighted by Gasteiger charge is 2.56. The van der Waals surface area contributed by atoms with Crippen molar-refractivity contribution in [2.24, 2.45) is 0 Å². The van der Waals surface area contributed by atoms with Gasteiger partial charge < -0.3 is 14.6 Å². The van der Waals surface area contributed by atoms with Crippen molar-refractivity contribution in [3.63, 3.8) is 0 Å². The average molecular weight is 271 g/mol. The molecule has 2 saturated heterocycles. The van der Waals surface area contributed by atoms with Gasteiger partial charge in [-0.1, -0.05) is 0 Å². The first-order chi connectivity index (χ1) is 8.75. The molecule has 1 spiro atoms. The van der Waals surface area contributed by atoms with E-state index in [4.69, 9.17) is 9.47 Å². The Hall–Kier alpha value is -1.30. The number of carbonyl (C=O) groups is 2. The van der Waals surface area contributed by atoms with Gasteiger partial charge in [-0.25, -0.2) is 9.59 Å². The van der Waals surface area contributed by atoms with Crippen molar-refractivity contribution >= 4 is 12.1 Å². The Balaban J connectivity index is 2.17. The molecule has 2 rings (SSSR count). The molecule has 1 amide bonds. The Kier molecular flexibility index (Phi) is 3.47. The number of amides is 1. The molecule has 2 fully saturated rings. The van der Waals surface area contributed by atoms with Crippen molar-refractivity contribution in [2.45, 2.75) is 57.3 Å². The van der Waals surface area contributed by atoms with Crippen LogP contribution < -0.4 is 0 Å². The van der Waals surface area contributed by atoms with E-state index in [9.17, 15) is 14.7 Å². The van der Waals surface area contributed by atoms with Crippen LogP contribution in [0.5, 0.6) is 0 Å². The van der Waals surface area contributed by atoms with E-state index in [-0.39, 0.29) is 0 Å². The lowest BCUT2D eigenvalue weighted by Gasteiger charge is -2.32.